The average molecular weight is 1290 g/mol. The molecular formula is C54H74IN3O21S2. The van der Waals surface area contributed by atoms with Crippen LogP contribution in [0, 0.1) is 10.5 Å². The van der Waals surface area contributed by atoms with Gasteiger partial charge in [-0.3, -0.25) is 14.4 Å². The van der Waals surface area contributed by atoms with Crippen molar-refractivity contribution in [1.29, 1.82) is 0 Å². The number of rotatable bonds is 18. The van der Waals surface area contributed by atoms with Crippen LogP contribution in [0.3, 0.4) is 0 Å². The first kappa shape index (κ1) is 62.5. The third-order valence-corrected chi connectivity index (χ3v) is 20.5. The first-order chi connectivity index (χ1) is 38.7. The van der Waals surface area contributed by atoms with Gasteiger partial charge in [0.05, 0.1) is 89.7 Å². The monoisotopic (exact) mass is 1290 g/mol. The number of alkyl carbamates (subject to hydrolysis) is 1. The summed E-state index contributed by atoms with van der Waals surface area (Å²) >= 11 is 4.19. The highest BCUT2D eigenvalue weighted by molar-refractivity contribution is 14.1. The van der Waals surface area contributed by atoms with Crippen LogP contribution in [0.5, 0.6) is 17.2 Å². The van der Waals surface area contributed by atoms with Gasteiger partial charge in [0, 0.05) is 39.2 Å². The Kier molecular flexibility index (Phi) is 20.0. The summed E-state index contributed by atoms with van der Waals surface area (Å²) in [4.78, 5) is 47.8. The Hall–Kier alpha value is -3.02. The molecule has 0 aromatic heterocycles. The highest BCUT2D eigenvalue weighted by atomic mass is 127. The van der Waals surface area contributed by atoms with Gasteiger partial charge in [0.1, 0.15) is 48.3 Å². The number of hydrogen-bond donors (Lipinski definition) is 8. The molecule has 1 saturated carbocycles. The minimum Gasteiger partial charge on any atom is -0.492 e. The van der Waals surface area contributed by atoms with E-state index in [1.54, 1.807) is 59.1 Å². The Morgan fingerprint density at radius 3 is 2.27 bits per heavy atom. The Balaban J connectivity index is 0.929. The number of hydrogen-bond acceptors (Lipinski definition) is 25. The average Bonchev–Trinajstić information content (AvgIpc) is 4.15. The molecule has 24 nitrogen and oxygen atoms in total. The zero-order valence-electron chi connectivity index (χ0n) is 46.6. The third kappa shape index (κ3) is 11.6. The molecule has 5 fully saturated rings. The SMILES string of the molecule is CCN[C@H]1CO[C@@H](O[C@H]2[C@H](O[C@@H]3c4ccccc4[C@@]4(O)CC(=O)[C@H](NC(=O)OC)[C@@]35SCC=C54)O[C@H](C)[C@@H](NO[C@H]3C[C@H](O)[C@H](SC(=O)c4c(C)c(I)c(O[C@@H]5O[C@@H](C)[C@H](O)[C@@H](OC)[C@H]5O)c(OC)c4OC)[C@@H](C)O3)[C@@H]2O)C[C@@H]1OC. The van der Waals surface area contributed by atoms with Crippen LogP contribution in [0.2, 0.25) is 0 Å². The van der Waals surface area contributed by atoms with Crippen molar-refractivity contribution in [2.24, 2.45) is 0 Å². The van der Waals surface area contributed by atoms with Crippen molar-refractivity contribution in [2.75, 3.05) is 54.5 Å². The summed E-state index contributed by atoms with van der Waals surface area (Å²) in [5.41, 5.74) is 3.32. The first-order valence-corrected chi connectivity index (χ1v) is 29.8. The second kappa shape index (κ2) is 25.9. The van der Waals surface area contributed by atoms with Crippen molar-refractivity contribution in [1.82, 2.24) is 16.1 Å². The number of benzene rings is 2. The molecule has 9 rings (SSSR count). The number of aliphatic hydroxyl groups is 5. The van der Waals surface area contributed by atoms with E-state index in [9.17, 15) is 39.9 Å². The van der Waals surface area contributed by atoms with Gasteiger partial charge in [0.2, 0.25) is 17.2 Å². The Morgan fingerprint density at radius 2 is 1.59 bits per heavy atom. The molecule has 2 aliphatic carbocycles. The maximum atomic E-state index is 14.4. The summed E-state index contributed by atoms with van der Waals surface area (Å²) in [6.07, 6.45) is -15.1. The molecule has 2 bridgehead atoms. The molecule has 2 aromatic rings. The zero-order chi connectivity index (χ0) is 58.4. The van der Waals surface area contributed by atoms with E-state index in [2.05, 4.69) is 16.1 Å². The number of nitrogens with one attached hydrogen (secondary N) is 3. The van der Waals surface area contributed by atoms with Crippen molar-refractivity contribution in [2.45, 2.75) is 180 Å². The molecule has 4 saturated heterocycles. The summed E-state index contributed by atoms with van der Waals surface area (Å²) in [5, 5.41) is 63.3. The number of hydroxylamine groups is 1. The van der Waals surface area contributed by atoms with Gasteiger partial charge in [-0.2, -0.15) is 5.48 Å². The van der Waals surface area contributed by atoms with Gasteiger partial charge in [0.25, 0.3) is 0 Å². The summed E-state index contributed by atoms with van der Waals surface area (Å²) in [6, 6.07) is 4.71. The van der Waals surface area contributed by atoms with E-state index >= 15 is 0 Å². The van der Waals surface area contributed by atoms with Gasteiger partial charge in [-0.25, -0.2) is 4.79 Å². The van der Waals surface area contributed by atoms with Crippen molar-refractivity contribution in [3.63, 3.8) is 0 Å². The van der Waals surface area contributed by atoms with E-state index in [1.165, 1.54) is 40.2 Å². The summed E-state index contributed by atoms with van der Waals surface area (Å²) in [5.74, 6) is 0.149. The molecule has 0 radical (unpaired) electrons. The highest BCUT2D eigenvalue weighted by Gasteiger charge is 2.69. The van der Waals surface area contributed by atoms with Gasteiger partial charge in [-0.05, 0) is 79.1 Å². The van der Waals surface area contributed by atoms with Crippen LogP contribution in [0.25, 0.3) is 0 Å². The Morgan fingerprint density at radius 1 is 0.864 bits per heavy atom. The number of methoxy groups -OCH3 is 5. The molecule has 5 aliphatic heterocycles. The number of halogens is 1. The van der Waals surface area contributed by atoms with Crippen LogP contribution >= 0.6 is 46.1 Å². The van der Waals surface area contributed by atoms with Crippen LogP contribution < -0.4 is 30.3 Å². The van der Waals surface area contributed by atoms with Gasteiger partial charge in [0.15, 0.2) is 36.2 Å². The molecule has 21 atom stereocenters. The number of carbonyl (C=O) groups excluding carboxylic acids is 3. The molecule has 5 heterocycles. The second-order valence-corrected chi connectivity index (χ2v) is 24.6. The number of carbonyl (C=O) groups is 3. The van der Waals surface area contributed by atoms with Crippen LogP contribution in [0.1, 0.15) is 80.1 Å². The number of aliphatic hydroxyl groups excluding tert-OH is 4. The molecule has 8 N–H and O–H groups in total. The normalized spacial score (nSPS) is 39.2. The lowest BCUT2D eigenvalue weighted by Gasteiger charge is -2.57. The fraction of sp³-hybridized carbons (Fsp3) is 0.685. The van der Waals surface area contributed by atoms with Crippen LogP contribution in [0.4, 0.5) is 4.79 Å². The predicted octanol–water partition coefficient (Wildman–Crippen LogP) is 2.40. The number of fused-ring (bicyclic) bond motifs is 2. The van der Waals surface area contributed by atoms with E-state index < -0.39 is 131 Å². The van der Waals surface area contributed by atoms with Crippen LogP contribution in [-0.4, -0.2) is 211 Å². The van der Waals surface area contributed by atoms with E-state index in [0.29, 0.717) is 38.1 Å². The van der Waals surface area contributed by atoms with E-state index in [0.717, 1.165) is 11.8 Å². The van der Waals surface area contributed by atoms with Crippen molar-refractivity contribution in [3.8, 4) is 17.2 Å². The lowest BCUT2D eigenvalue weighted by atomic mass is 9.59. The fourth-order valence-corrected chi connectivity index (χ4v) is 15.7. The van der Waals surface area contributed by atoms with Gasteiger partial charge in [-0.15, -0.1) is 11.8 Å². The molecule has 0 unspecified atom stereocenters. The Labute approximate surface area is 491 Å². The topological polar surface area (TPSA) is 308 Å². The second-order valence-electron chi connectivity index (χ2n) is 21.1. The van der Waals surface area contributed by atoms with Gasteiger partial charge in [-0.1, -0.05) is 49.0 Å². The summed E-state index contributed by atoms with van der Waals surface area (Å²) in [7, 11) is 6.89. The third-order valence-electron chi connectivity index (χ3n) is 16.4. The fourth-order valence-electron chi connectivity index (χ4n) is 12.3. The molecule has 1 amide bonds. The van der Waals surface area contributed by atoms with Crippen LogP contribution in [-0.2, 0) is 57.9 Å². The maximum absolute atomic E-state index is 14.4. The van der Waals surface area contributed by atoms with Crippen molar-refractivity contribution in [3.05, 3.63) is 61.7 Å². The van der Waals surface area contributed by atoms with Crippen molar-refractivity contribution < 1.29 is 102 Å². The number of ether oxygens (including phenoxy) is 12. The number of thioether (sulfide) groups is 2. The zero-order valence-corrected chi connectivity index (χ0v) is 50.4. The molecule has 450 valence electrons. The summed E-state index contributed by atoms with van der Waals surface area (Å²) < 4.78 is 71.9. The minimum atomic E-state index is -1.70. The molecule has 0 spiro atoms. The van der Waals surface area contributed by atoms with E-state index in [1.807, 2.05) is 35.6 Å². The van der Waals surface area contributed by atoms with E-state index in [4.69, 9.17) is 61.7 Å². The minimum absolute atomic E-state index is 0.0377. The molecule has 7 aliphatic rings. The maximum Gasteiger partial charge on any atom is 0.407 e. The number of Topliss-reactive ketones (excluding diaryl/α,β-unsaturated/α-hetero) is 1. The molecule has 81 heavy (non-hydrogen) atoms. The molecule has 27 heteroatoms. The van der Waals surface area contributed by atoms with Gasteiger partial charge < -0.3 is 93.0 Å². The standard InChI is InChI=1S/C54H74IN3O21S2/c1-11-56-28-21-72-33(19-31(28)67-6)76-44-39(62)37(23(3)74-51(44)78-48-26-14-12-13-15-27(26)53(66)20-30(60)47(57-52(65)71-10)54(48)32(53)16-17-80-54)58-79-34-18-29(59)46(25(5)73-34)81-49(64)35-22(2)36(55)42(45(70-9)41(35)68-7)77-50-40(63)43(69-8)38(61)24(4)75-50/h12-16,23-25,28-29,31,33-34,37-40,43-44,46-48,50-51,56,58-59,61-63,66H,11,17-21H2,1-10H3,(H,57,65)/t23-,24+,25-,28+,29+,31+,33+,34+,37-,38+,39+,40-,43-,44-,46-,47+,48-,50+,51+,53+,54-/m1/s1. The lowest BCUT2D eigenvalue weighted by Crippen LogP contribution is -2.69. The number of likely N-dealkylation sites (N-methyl/N-ethyl adjacent to an activating group) is 1. The number of ketones is 1. The predicted molar refractivity (Wildman–Crippen MR) is 298 cm³/mol. The highest BCUT2D eigenvalue weighted by Crippen LogP contribution is 2.65. The number of amides is 1. The molecule has 2 aromatic carbocycles. The van der Waals surface area contributed by atoms with Crippen LogP contribution in [0.15, 0.2) is 35.9 Å². The summed E-state index contributed by atoms with van der Waals surface area (Å²) in [6.45, 7) is 9.57. The first-order valence-electron chi connectivity index (χ1n) is 26.9. The molecular weight excluding hydrogens is 1220 g/mol. The van der Waals surface area contributed by atoms with Gasteiger partial charge >= 0.3 is 6.09 Å². The van der Waals surface area contributed by atoms with E-state index in [-0.39, 0.29) is 60.8 Å². The quantitative estimate of drug-likeness (QED) is 0.0604. The smallest absolute Gasteiger partial charge is 0.407 e. The van der Waals surface area contributed by atoms with Crippen molar-refractivity contribution >= 4 is 63.1 Å². The largest absolute Gasteiger partial charge is 0.492 e. The lowest BCUT2D eigenvalue weighted by molar-refractivity contribution is -0.343. The Bertz CT molecular complexity index is 2630.